The van der Waals surface area contributed by atoms with E-state index in [0.717, 1.165) is 13.0 Å². The fourth-order valence-corrected chi connectivity index (χ4v) is 1.26. The number of nitrogen functional groups attached to an aromatic ring is 1. The summed E-state index contributed by atoms with van der Waals surface area (Å²) >= 11 is 0. The smallest absolute Gasteiger partial charge is 0.323 e. The van der Waals surface area contributed by atoms with E-state index < -0.39 is 0 Å². The van der Waals surface area contributed by atoms with Crippen molar-refractivity contribution < 1.29 is 4.74 Å². The van der Waals surface area contributed by atoms with E-state index in [9.17, 15) is 0 Å². The van der Waals surface area contributed by atoms with E-state index in [-0.39, 0.29) is 6.01 Å². The van der Waals surface area contributed by atoms with Gasteiger partial charge >= 0.3 is 6.01 Å². The molecule has 0 aliphatic rings. The second-order valence-corrected chi connectivity index (χ2v) is 3.31. The predicted molar refractivity (Wildman–Crippen MR) is 59.0 cm³/mol. The molecule has 2 N–H and O–H groups in total. The minimum Gasteiger partial charge on any atom is -0.421 e. The molecule has 0 saturated heterocycles. The van der Waals surface area contributed by atoms with Gasteiger partial charge in [-0.1, -0.05) is 6.92 Å². The maximum atomic E-state index is 5.51. The van der Waals surface area contributed by atoms with Crippen molar-refractivity contribution in [1.82, 2.24) is 19.7 Å². The second kappa shape index (κ2) is 4.61. The maximum absolute atomic E-state index is 5.51. The van der Waals surface area contributed by atoms with Crippen LogP contribution >= 0.6 is 0 Å². The molecule has 16 heavy (non-hydrogen) atoms. The summed E-state index contributed by atoms with van der Waals surface area (Å²) in [5.74, 6) is 0.991. The van der Waals surface area contributed by atoms with Crippen molar-refractivity contribution in [2.45, 2.75) is 19.9 Å². The highest BCUT2D eigenvalue weighted by atomic mass is 16.5. The Labute approximate surface area is 93.1 Å². The normalized spacial score (nSPS) is 10.3. The van der Waals surface area contributed by atoms with E-state index in [1.165, 1.54) is 0 Å². The Morgan fingerprint density at radius 3 is 3.12 bits per heavy atom. The van der Waals surface area contributed by atoms with Crippen LogP contribution in [0.1, 0.15) is 13.3 Å². The molecule has 2 aromatic rings. The lowest BCUT2D eigenvalue weighted by Gasteiger charge is -2.00. The molecule has 0 aliphatic heterocycles. The van der Waals surface area contributed by atoms with Gasteiger partial charge in [-0.15, -0.1) is 0 Å². The van der Waals surface area contributed by atoms with Gasteiger partial charge in [0, 0.05) is 12.7 Å². The maximum Gasteiger partial charge on any atom is 0.323 e. The zero-order valence-corrected chi connectivity index (χ0v) is 9.00. The van der Waals surface area contributed by atoms with Gasteiger partial charge in [0.05, 0.1) is 12.4 Å². The van der Waals surface area contributed by atoms with Gasteiger partial charge in [-0.2, -0.15) is 10.1 Å². The van der Waals surface area contributed by atoms with Crippen LogP contribution < -0.4 is 10.5 Å². The van der Waals surface area contributed by atoms with Crippen LogP contribution in [-0.2, 0) is 6.54 Å². The van der Waals surface area contributed by atoms with Crippen LogP contribution in [0.5, 0.6) is 11.8 Å². The summed E-state index contributed by atoms with van der Waals surface area (Å²) in [4.78, 5) is 7.87. The molecule has 0 amide bonds. The first-order chi connectivity index (χ1) is 7.78. The minimum absolute atomic E-state index is 0.232. The Morgan fingerprint density at radius 2 is 2.38 bits per heavy atom. The molecule has 0 unspecified atom stereocenters. The van der Waals surface area contributed by atoms with Crippen LogP contribution in [0.15, 0.2) is 24.7 Å². The lowest BCUT2D eigenvalue weighted by atomic mass is 10.5. The molecule has 2 rings (SSSR count). The third-order valence-electron chi connectivity index (χ3n) is 1.93. The molecule has 0 radical (unpaired) electrons. The first-order valence-corrected chi connectivity index (χ1v) is 5.07. The number of rotatable bonds is 4. The minimum atomic E-state index is 0.232. The molecular weight excluding hydrogens is 206 g/mol. The van der Waals surface area contributed by atoms with Crippen molar-refractivity contribution in [2.75, 3.05) is 5.73 Å². The number of anilines is 1. The van der Waals surface area contributed by atoms with Gasteiger partial charge in [0.25, 0.3) is 0 Å². The average molecular weight is 219 g/mol. The quantitative estimate of drug-likeness (QED) is 0.842. The van der Waals surface area contributed by atoms with Crippen LogP contribution in [0.25, 0.3) is 0 Å². The van der Waals surface area contributed by atoms with Crippen molar-refractivity contribution in [3.05, 3.63) is 24.7 Å². The number of nitrogens with zero attached hydrogens (tertiary/aromatic N) is 4. The summed E-state index contributed by atoms with van der Waals surface area (Å²) in [6.45, 7) is 2.95. The second-order valence-electron chi connectivity index (χ2n) is 3.31. The van der Waals surface area contributed by atoms with Crippen molar-refractivity contribution in [2.24, 2.45) is 0 Å². The van der Waals surface area contributed by atoms with Gasteiger partial charge in [-0.05, 0) is 12.5 Å². The summed E-state index contributed by atoms with van der Waals surface area (Å²) in [6, 6.07) is 1.84. The summed E-state index contributed by atoms with van der Waals surface area (Å²) in [5.41, 5.74) is 5.51. The van der Waals surface area contributed by atoms with Gasteiger partial charge in [0.15, 0.2) is 5.75 Å². The molecule has 2 aromatic heterocycles. The molecule has 0 aromatic carbocycles. The topological polar surface area (TPSA) is 78.9 Å². The van der Waals surface area contributed by atoms with Gasteiger partial charge in [-0.25, -0.2) is 4.98 Å². The van der Waals surface area contributed by atoms with E-state index in [2.05, 4.69) is 22.0 Å². The monoisotopic (exact) mass is 219 g/mol. The molecule has 0 saturated carbocycles. The molecule has 2 heterocycles. The number of aryl methyl sites for hydroxylation is 1. The molecule has 6 heteroatoms. The molecule has 0 fully saturated rings. The zero-order valence-electron chi connectivity index (χ0n) is 9.00. The SMILES string of the molecule is CCCn1cc(Oc2nccc(N)n2)cn1. The lowest BCUT2D eigenvalue weighted by molar-refractivity contribution is 0.441. The van der Waals surface area contributed by atoms with Gasteiger partial charge in [0.2, 0.25) is 0 Å². The van der Waals surface area contributed by atoms with Crippen molar-refractivity contribution in [1.29, 1.82) is 0 Å². The molecular formula is C10H13N5O. The van der Waals surface area contributed by atoms with E-state index in [0.29, 0.717) is 11.6 Å². The predicted octanol–water partition coefficient (Wildman–Crippen LogP) is 1.46. The average Bonchev–Trinajstić information content (AvgIpc) is 2.66. The summed E-state index contributed by atoms with van der Waals surface area (Å²) in [6.07, 6.45) is 6.00. The Balaban J connectivity index is 2.08. The zero-order chi connectivity index (χ0) is 11.4. The third-order valence-corrected chi connectivity index (χ3v) is 1.93. The highest BCUT2D eigenvalue weighted by molar-refractivity contribution is 5.28. The number of aromatic nitrogens is 4. The molecule has 0 bridgehead atoms. The van der Waals surface area contributed by atoms with Crippen molar-refractivity contribution >= 4 is 5.82 Å². The van der Waals surface area contributed by atoms with Gasteiger partial charge in [-0.3, -0.25) is 4.68 Å². The number of ether oxygens (including phenoxy) is 1. The Hall–Kier alpha value is -2.11. The Bertz CT molecular complexity index is 468. The molecule has 0 aliphatic carbocycles. The molecule has 84 valence electrons. The number of hydrogen-bond donors (Lipinski definition) is 1. The fraction of sp³-hybridized carbons (Fsp3) is 0.300. The van der Waals surface area contributed by atoms with Crippen LogP contribution in [0.4, 0.5) is 5.82 Å². The number of hydrogen-bond acceptors (Lipinski definition) is 5. The van der Waals surface area contributed by atoms with Crippen LogP contribution in [0.3, 0.4) is 0 Å². The Kier molecular flexibility index (Phi) is 3.00. The lowest BCUT2D eigenvalue weighted by Crippen LogP contribution is -1.96. The molecule has 0 spiro atoms. The highest BCUT2D eigenvalue weighted by Gasteiger charge is 2.03. The van der Waals surface area contributed by atoms with Crippen LogP contribution in [-0.4, -0.2) is 19.7 Å². The van der Waals surface area contributed by atoms with E-state index in [1.807, 2.05) is 4.68 Å². The standard InChI is InChI=1S/C10H13N5O/c1-2-5-15-7-8(6-13-15)16-10-12-4-3-9(11)14-10/h3-4,6-7H,2,5H2,1H3,(H2,11,12,14). The fourth-order valence-electron chi connectivity index (χ4n) is 1.26. The molecule has 6 nitrogen and oxygen atoms in total. The van der Waals surface area contributed by atoms with Crippen molar-refractivity contribution in [3.63, 3.8) is 0 Å². The third kappa shape index (κ3) is 2.47. The van der Waals surface area contributed by atoms with Crippen LogP contribution in [0, 0.1) is 0 Å². The largest absolute Gasteiger partial charge is 0.421 e. The van der Waals surface area contributed by atoms with Crippen LogP contribution in [0.2, 0.25) is 0 Å². The summed E-state index contributed by atoms with van der Waals surface area (Å²) in [5, 5.41) is 4.13. The van der Waals surface area contributed by atoms with E-state index in [4.69, 9.17) is 10.5 Å². The highest BCUT2D eigenvalue weighted by Crippen LogP contribution is 2.16. The summed E-state index contributed by atoms with van der Waals surface area (Å²) in [7, 11) is 0. The van der Waals surface area contributed by atoms with Crippen molar-refractivity contribution in [3.8, 4) is 11.8 Å². The van der Waals surface area contributed by atoms with E-state index >= 15 is 0 Å². The first-order valence-electron chi connectivity index (χ1n) is 5.07. The number of nitrogens with two attached hydrogens (primary N) is 1. The van der Waals surface area contributed by atoms with E-state index in [1.54, 1.807) is 24.7 Å². The Morgan fingerprint density at radius 1 is 1.50 bits per heavy atom. The first kappa shape index (κ1) is 10.4. The molecule has 0 atom stereocenters. The van der Waals surface area contributed by atoms with Gasteiger partial charge < -0.3 is 10.5 Å². The summed E-state index contributed by atoms with van der Waals surface area (Å²) < 4.78 is 7.21. The van der Waals surface area contributed by atoms with Gasteiger partial charge in [0.1, 0.15) is 5.82 Å².